The van der Waals surface area contributed by atoms with Gasteiger partial charge in [0, 0.05) is 18.7 Å². The number of fused-ring (bicyclic) bond motifs is 1. The summed E-state index contributed by atoms with van der Waals surface area (Å²) >= 11 is 0. The fourth-order valence-corrected chi connectivity index (χ4v) is 4.80. The van der Waals surface area contributed by atoms with Gasteiger partial charge in [0.25, 0.3) is 0 Å². The SMILES string of the molecule is CC(C)(C)OC(=O)c1ccc2c(c1)N(C(=O)CNC1CCCCC1CO)CC(=O)N2C1CC1. The normalized spacial score (nSPS) is 23.3. The van der Waals surface area contributed by atoms with Gasteiger partial charge in [0.05, 0.1) is 23.5 Å². The number of anilines is 2. The van der Waals surface area contributed by atoms with Crippen molar-refractivity contribution in [3.8, 4) is 0 Å². The number of hydrogen-bond donors (Lipinski definition) is 2. The highest BCUT2D eigenvalue weighted by Gasteiger charge is 2.41. The summed E-state index contributed by atoms with van der Waals surface area (Å²) in [6.07, 6.45) is 5.92. The number of nitrogens with one attached hydrogen (secondary N) is 1. The van der Waals surface area contributed by atoms with Gasteiger partial charge in [0.2, 0.25) is 11.8 Å². The van der Waals surface area contributed by atoms with Crippen LogP contribution < -0.4 is 15.1 Å². The first-order valence-corrected chi connectivity index (χ1v) is 12.0. The predicted octanol–water partition coefficient (Wildman–Crippen LogP) is 2.62. The second-order valence-electron chi connectivity index (χ2n) is 10.4. The van der Waals surface area contributed by atoms with E-state index < -0.39 is 11.6 Å². The first-order chi connectivity index (χ1) is 15.7. The highest BCUT2D eigenvalue weighted by Crippen LogP contribution is 2.41. The number of nitrogens with zero attached hydrogens (tertiary/aromatic N) is 2. The third-order valence-corrected chi connectivity index (χ3v) is 6.59. The van der Waals surface area contributed by atoms with E-state index >= 15 is 0 Å². The summed E-state index contributed by atoms with van der Waals surface area (Å²) in [7, 11) is 0. The average Bonchev–Trinajstić information content (AvgIpc) is 3.60. The minimum atomic E-state index is -0.633. The van der Waals surface area contributed by atoms with Gasteiger partial charge in [0.1, 0.15) is 12.1 Å². The van der Waals surface area contributed by atoms with Crippen LogP contribution in [0.1, 0.15) is 69.7 Å². The Morgan fingerprint density at radius 1 is 1.12 bits per heavy atom. The molecule has 3 aliphatic rings. The molecule has 1 heterocycles. The molecule has 180 valence electrons. The molecule has 2 amide bonds. The maximum Gasteiger partial charge on any atom is 0.338 e. The minimum Gasteiger partial charge on any atom is -0.456 e. The van der Waals surface area contributed by atoms with Crippen LogP contribution in [0.2, 0.25) is 0 Å². The summed E-state index contributed by atoms with van der Waals surface area (Å²) in [6.45, 7) is 5.56. The van der Waals surface area contributed by atoms with Crippen molar-refractivity contribution in [3.63, 3.8) is 0 Å². The number of hydrogen-bond acceptors (Lipinski definition) is 6. The van der Waals surface area contributed by atoms with Crippen LogP contribution in [0.4, 0.5) is 11.4 Å². The van der Waals surface area contributed by atoms with Crippen molar-refractivity contribution in [1.82, 2.24) is 5.32 Å². The number of amides is 2. The quantitative estimate of drug-likeness (QED) is 0.637. The smallest absolute Gasteiger partial charge is 0.338 e. The van der Waals surface area contributed by atoms with Crippen molar-refractivity contribution < 1.29 is 24.2 Å². The van der Waals surface area contributed by atoms with Gasteiger partial charge in [-0.15, -0.1) is 0 Å². The highest BCUT2D eigenvalue weighted by atomic mass is 16.6. The molecule has 1 aromatic carbocycles. The number of rotatable bonds is 6. The number of benzene rings is 1. The van der Waals surface area contributed by atoms with Gasteiger partial charge in [-0.3, -0.25) is 14.5 Å². The molecule has 1 aromatic rings. The fraction of sp³-hybridized carbons (Fsp3) is 0.640. The van der Waals surface area contributed by atoms with Gasteiger partial charge in [-0.25, -0.2) is 4.79 Å². The number of ether oxygens (including phenoxy) is 1. The van der Waals surface area contributed by atoms with E-state index in [2.05, 4.69) is 5.32 Å². The standard InChI is InChI=1S/C25H35N3O5/c1-25(2,3)33-24(32)16-8-11-20-21(12-16)27(14-23(31)28(20)18-9-10-18)22(30)13-26-19-7-5-4-6-17(19)15-29/h8,11-12,17-19,26,29H,4-7,9-10,13-15H2,1-3H3. The van der Waals surface area contributed by atoms with Crippen LogP contribution in [-0.2, 0) is 14.3 Å². The second kappa shape index (κ2) is 9.43. The predicted molar refractivity (Wildman–Crippen MR) is 125 cm³/mol. The van der Waals surface area contributed by atoms with Crippen LogP contribution in [0.5, 0.6) is 0 Å². The van der Waals surface area contributed by atoms with Crippen molar-refractivity contribution in [1.29, 1.82) is 0 Å². The Bertz CT molecular complexity index is 921. The van der Waals surface area contributed by atoms with Crippen molar-refractivity contribution >= 4 is 29.2 Å². The fourth-order valence-electron chi connectivity index (χ4n) is 4.80. The van der Waals surface area contributed by atoms with Crippen LogP contribution in [0, 0.1) is 5.92 Å². The first-order valence-electron chi connectivity index (χ1n) is 12.0. The van der Waals surface area contributed by atoms with Gasteiger partial charge in [-0.1, -0.05) is 12.8 Å². The lowest BCUT2D eigenvalue weighted by Crippen LogP contribution is -2.52. The summed E-state index contributed by atoms with van der Waals surface area (Å²) < 4.78 is 5.51. The molecular formula is C25H35N3O5. The summed E-state index contributed by atoms with van der Waals surface area (Å²) in [5.74, 6) is -0.637. The van der Waals surface area contributed by atoms with E-state index in [1.165, 1.54) is 4.90 Å². The van der Waals surface area contributed by atoms with Gasteiger partial charge < -0.3 is 20.1 Å². The number of aliphatic hydroxyl groups is 1. The van der Waals surface area contributed by atoms with Crippen LogP contribution in [0.25, 0.3) is 0 Å². The third kappa shape index (κ3) is 5.38. The number of esters is 1. The van der Waals surface area contributed by atoms with Crippen molar-refractivity contribution in [2.24, 2.45) is 5.92 Å². The Balaban J connectivity index is 1.57. The third-order valence-electron chi connectivity index (χ3n) is 6.59. The summed E-state index contributed by atoms with van der Waals surface area (Å²) in [5.41, 5.74) is 0.956. The highest BCUT2D eigenvalue weighted by molar-refractivity contribution is 6.12. The number of carbonyl (C=O) groups excluding carboxylic acids is 3. The molecule has 0 saturated heterocycles. The van der Waals surface area contributed by atoms with E-state index in [1.54, 1.807) is 23.1 Å². The molecule has 33 heavy (non-hydrogen) atoms. The maximum atomic E-state index is 13.3. The van der Waals surface area contributed by atoms with E-state index in [0.717, 1.165) is 38.5 Å². The van der Waals surface area contributed by atoms with E-state index in [0.29, 0.717) is 16.9 Å². The Labute approximate surface area is 195 Å². The number of aliphatic hydroxyl groups excluding tert-OH is 1. The molecular weight excluding hydrogens is 422 g/mol. The van der Waals surface area contributed by atoms with Crippen molar-refractivity contribution in [3.05, 3.63) is 23.8 Å². The summed E-state index contributed by atoms with van der Waals surface area (Å²) in [6, 6.07) is 5.33. The van der Waals surface area contributed by atoms with Crippen LogP contribution in [0.15, 0.2) is 18.2 Å². The molecule has 4 rings (SSSR count). The van der Waals surface area contributed by atoms with Crippen LogP contribution >= 0.6 is 0 Å². The molecule has 0 aromatic heterocycles. The topological polar surface area (TPSA) is 99.2 Å². The molecule has 2 unspecified atom stereocenters. The zero-order valence-electron chi connectivity index (χ0n) is 19.8. The maximum absolute atomic E-state index is 13.3. The molecule has 8 nitrogen and oxygen atoms in total. The summed E-state index contributed by atoms with van der Waals surface area (Å²) in [5, 5.41) is 13.0. The second-order valence-corrected chi connectivity index (χ2v) is 10.4. The minimum absolute atomic E-state index is 0.0458. The lowest BCUT2D eigenvalue weighted by Gasteiger charge is -2.37. The molecule has 0 bridgehead atoms. The van der Waals surface area contributed by atoms with Gasteiger partial charge in [-0.05, 0) is 70.6 Å². The Hall–Kier alpha value is -2.45. The van der Waals surface area contributed by atoms with Crippen LogP contribution in [-0.4, -0.2) is 60.3 Å². The zero-order chi connectivity index (χ0) is 23.8. The lowest BCUT2D eigenvalue weighted by molar-refractivity contribution is -0.122. The lowest BCUT2D eigenvalue weighted by atomic mass is 9.85. The van der Waals surface area contributed by atoms with Crippen LogP contribution in [0.3, 0.4) is 0 Å². The van der Waals surface area contributed by atoms with Gasteiger partial charge in [0.15, 0.2) is 0 Å². The molecule has 2 saturated carbocycles. The monoisotopic (exact) mass is 457 g/mol. The zero-order valence-corrected chi connectivity index (χ0v) is 19.8. The van der Waals surface area contributed by atoms with E-state index in [4.69, 9.17) is 4.74 Å². The average molecular weight is 458 g/mol. The van der Waals surface area contributed by atoms with E-state index in [-0.39, 0.29) is 49.5 Å². The van der Waals surface area contributed by atoms with E-state index in [9.17, 15) is 19.5 Å². The summed E-state index contributed by atoms with van der Waals surface area (Å²) in [4.78, 5) is 42.1. The van der Waals surface area contributed by atoms with Crippen molar-refractivity contribution in [2.45, 2.75) is 77.0 Å². The molecule has 2 atom stereocenters. The van der Waals surface area contributed by atoms with E-state index in [1.807, 2.05) is 20.8 Å². The molecule has 0 spiro atoms. The molecule has 2 aliphatic carbocycles. The molecule has 0 radical (unpaired) electrons. The molecule has 2 N–H and O–H groups in total. The Morgan fingerprint density at radius 3 is 2.52 bits per heavy atom. The van der Waals surface area contributed by atoms with Gasteiger partial charge >= 0.3 is 5.97 Å². The molecule has 8 heteroatoms. The molecule has 2 fully saturated rings. The Morgan fingerprint density at radius 2 is 1.85 bits per heavy atom. The molecule has 1 aliphatic heterocycles. The number of carbonyl (C=O) groups is 3. The van der Waals surface area contributed by atoms with Gasteiger partial charge in [-0.2, -0.15) is 0 Å². The van der Waals surface area contributed by atoms with Crippen molar-refractivity contribution in [2.75, 3.05) is 29.5 Å². The Kier molecular flexibility index (Phi) is 6.77. The first kappa shape index (κ1) is 23.7. The largest absolute Gasteiger partial charge is 0.456 e.